The lowest BCUT2D eigenvalue weighted by Crippen LogP contribution is -2.31. The summed E-state index contributed by atoms with van der Waals surface area (Å²) in [4.78, 5) is 0. The summed E-state index contributed by atoms with van der Waals surface area (Å²) in [6, 6.07) is 12.0. The van der Waals surface area contributed by atoms with Crippen LogP contribution in [0, 0.1) is 11.5 Å². The molecular weight excluding hydrogens is 409 g/mol. The van der Waals surface area contributed by atoms with E-state index in [1.165, 1.54) is 6.07 Å². The summed E-state index contributed by atoms with van der Waals surface area (Å²) in [6.07, 6.45) is -4.61. The van der Waals surface area contributed by atoms with Gasteiger partial charge in [-0.15, -0.1) is 15.8 Å². The molecule has 4 nitrogen and oxygen atoms in total. The minimum Gasteiger partial charge on any atom is -0.497 e. The van der Waals surface area contributed by atoms with Gasteiger partial charge >= 0.3 is 11.8 Å². The van der Waals surface area contributed by atoms with Crippen LogP contribution in [0.5, 0.6) is 5.75 Å². The zero-order chi connectivity index (χ0) is 22.0. The van der Waals surface area contributed by atoms with Crippen LogP contribution in [0.1, 0.15) is 22.3 Å². The van der Waals surface area contributed by atoms with Crippen LogP contribution in [0.2, 0.25) is 19.6 Å². The quantitative estimate of drug-likeness (QED) is 0.426. The molecule has 0 saturated heterocycles. The Morgan fingerprint density at radius 3 is 2.20 bits per heavy atom. The highest BCUT2D eigenvalue weighted by Crippen LogP contribution is 2.53. The number of ether oxygens (including phenoxy) is 2. The van der Waals surface area contributed by atoms with E-state index in [0.717, 1.165) is 11.3 Å². The molecule has 0 atom stereocenters. The van der Waals surface area contributed by atoms with Crippen LogP contribution in [0.15, 0.2) is 52.7 Å². The summed E-state index contributed by atoms with van der Waals surface area (Å²) in [5.41, 5.74) is 2.46. The van der Waals surface area contributed by atoms with Crippen molar-refractivity contribution in [2.24, 2.45) is 10.2 Å². The van der Waals surface area contributed by atoms with Gasteiger partial charge in [0.25, 0.3) is 0 Å². The maximum Gasteiger partial charge on any atom is 0.442 e. The predicted octanol–water partition coefficient (Wildman–Crippen LogP) is 5.82. The summed E-state index contributed by atoms with van der Waals surface area (Å²) < 4.78 is 51.9. The van der Waals surface area contributed by atoms with E-state index in [1.807, 2.05) is 12.1 Å². The molecular formula is C22H23F3N2O2Si. The van der Waals surface area contributed by atoms with Gasteiger partial charge in [0.1, 0.15) is 13.8 Å². The van der Waals surface area contributed by atoms with E-state index in [2.05, 4.69) is 41.3 Å². The molecule has 0 aliphatic carbocycles. The number of hydrogen-bond donors (Lipinski definition) is 0. The van der Waals surface area contributed by atoms with E-state index in [0.29, 0.717) is 11.1 Å². The Labute approximate surface area is 175 Å². The van der Waals surface area contributed by atoms with Crippen molar-refractivity contribution in [1.82, 2.24) is 0 Å². The number of halogens is 3. The van der Waals surface area contributed by atoms with Gasteiger partial charge in [-0.1, -0.05) is 49.8 Å². The highest BCUT2D eigenvalue weighted by atomic mass is 28.3. The number of rotatable bonds is 6. The normalized spacial score (nSPS) is 14.8. The second-order valence-electron chi connectivity index (χ2n) is 8.04. The number of methoxy groups -OCH3 is 1. The van der Waals surface area contributed by atoms with Crippen LogP contribution < -0.4 is 4.74 Å². The molecule has 0 saturated carbocycles. The Kier molecular flexibility index (Phi) is 6.06. The van der Waals surface area contributed by atoms with Crippen molar-refractivity contribution >= 4 is 8.07 Å². The SMILES string of the molecule is COc1ccc(COCc2c(C#C[Si](C)(C)C)cccc2C2(C(F)(F)F)N=N2)cc1. The fraction of sp³-hybridized carbons (Fsp3) is 0.364. The van der Waals surface area contributed by atoms with Crippen molar-refractivity contribution < 1.29 is 22.6 Å². The first kappa shape index (κ1) is 22.1. The zero-order valence-electron chi connectivity index (χ0n) is 17.3. The molecule has 0 aromatic heterocycles. The monoisotopic (exact) mass is 432 g/mol. The van der Waals surface area contributed by atoms with Gasteiger partial charge < -0.3 is 9.47 Å². The highest BCUT2D eigenvalue weighted by Gasteiger charge is 2.66. The molecule has 1 aliphatic rings. The maximum atomic E-state index is 13.7. The fourth-order valence-electron chi connectivity index (χ4n) is 2.86. The first-order valence-corrected chi connectivity index (χ1v) is 12.9. The van der Waals surface area contributed by atoms with Gasteiger partial charge in [-0.05, 0) is 23.8 Å². The molecule has 0 spiro atoms. The van der Waals surface area contributed by atoms with Crippen molar-refractivity contribution in [3.05, 3.63) is 64.7 Å². The minimum atomic E-state index is -4.61. The van der Waals surface area contributed by atoms with Crippen molar-refractivity contribution in [3.8, 4) is 17.2 Å². The van der Waals surface area contributed by atoms with Gasteiger partial charge in [0.15, 0.2) is 0 Å². The van der Waals surface area contributed by atoms with Crippen LogP contribution in [0.4, 0.5) is 13.2 Å². The molecule has 30 heavy (non-hydrogen) atoms. The molecule has 3 rings (SSSR count). The van der Waals surface area contributed by atoms with E-state index < -0.39 is 19.9 Å². The van der Waals surface area contributed by atoms with Crippen LogP contribution >= 0.6 is 0 Å². The van der Waals surface area contributed by atoms with Crippen molar-refractivity contribution in [2.45, 2.75) is 44.7 Å². The van der Waals surface area contributed by atoms with Gasteiger partial charge in [-0.2, -0.15) is 13.2 Å². The first-order valence-electron chi connectivity index (χ1n) is 9.43. The Bertz CT molecular complexity index is 994. The van der Waals surface area contributed by atoms with Crippen LogP contribution in [0.25, 0.3) is 0 Å². The van der Waals surface area contributed by atoms with E-state index >= 15 is 0 Å². The molecule has 1 heterocycles. The third kappa shape index (κ3) is 4.91. The number of alkyl halides is 3. The van der Waals surface area contributed by atoms with E-state index in [9.17, 15) is 13.2 Å². The van der Waals surface area contributed by atoms with Crippen LogP contribution in [-0.4, -0.2) is 21.4 Å². The molecule has 2 aromatic rings. The number of hydrogen-bond acceptors (Lipinski definition) is 4. The third-order valence-electron chi connectivity index (χ3n) is 4.49. The average molecular weight is 433 g/mol. The van der Waals surface area contributed by atoms with E-state index in [4.69, 9.17) is 9.47 Å². The van der Waals surface area contributed by atoms with Crippen LogP contribution in [0.3, 0.4) is 0 Å². The molecule has 0 fully saturated rings. The lowest BCUT2D eigenvalue weighted by Gasteiger charge is -2.19. The average Bonchev–Trinajstić information content (AvgIpc) is 3.49. The summed E-state index contributed by atoms with van der Waals surface area (Å²) in [5, 5.41) is 6.72. The fourth-order valence-corrected chi connectivity index (χ4v) is 3.37. The molecule has 0 unspecified atom stereocenters. The topological polar surface area (TPSA) is 43.2 Å². The van der Waals surface area contributed by atoms with Crippen molar-refractivity contribution in [3.63, 3.8) is 0 Å². The molecule has 8 heteroatoms. The van der Waals surface area contributed by atoms with Gasteiger partial charge in [-0.3, -0.25) is 0 Å². The summed E-state index contributed by atoms with van der Waals surface area (Å²) in [5.74, 6) is 3.79. The van der Waals surface area contributed by atoms with Crippen molar-refractivity contribution in [1.29, 1.82) is 0 Å². The molecule has 0 N–H and O–H groups in total. The first-order chi connectivity index (χ1) is 14.1. The highest BCUT2D eigenvalue weighted by molar-refractivity contribution is 6.83. The molecule has 1 aliphatic heterocycles. The Hall–Kier alpha value is -2.63. The summed E-state index contributed by atoms with van der Waals surface area (Å²) >= 11 is 0. The van der Waals surface area contributed by atoms with E-state index in [-0.39, 0.29) is 18.8 Å². The largest absolute Gasteiger partial charge is 0.497 e. The van der Waals surface area contributed by atoms with Gasteiger partial charge in [0.2, 0.25) is 0 Å². The summed E-state index contributed by atoms with van der Waals surface area (Å²) in [6.45, 7) is 6.44. The molecule has 0 radical (unpaired) electrons. The summed E-state index contributed by atoms with van der Waals surface area (Å²) in [7, 11) is -0.144. The Balaban J connectivity index is 1.90. The van der Waals surface area contributed by atoms with Crippen molar-refractivity contribution in [2.75, 3.05) is 7.11 Å². The second kappa shape index (κ2) is 8.24. The van der Waals surface area contributed by atoms with E-state index in [1.54, 1.807) is 31.4 Å². The minimum absolute atomic E-state index is 0.0212. The molecule has 0 amide bonds. The number of nitrogens with zero attached hydrogens (tertiary/aromatic N) is 2. The van der Waals surface area contributed by atoms with Gasteiger partial charge in [0, 0.05) is 16.7 Å². The molecule has 0 bridgehead atoms. The lowest BCUT2D eigenvalue weighted by molar-refractivity contribution is -0.166. The van der Waals surface area contributed by atoms with Gasteiger partial charge in [-0.25, -0.2) is 0 Å². The maximum absolute atomic E-state index is 13.7. The standard InChI is InChI=1S/C22H23F3N2O2Si/c1-28-18-10-8-16(9-11-18)14-29-15-19-17(12-13-30(2,3)4)6-5-7-20(19)21(26-27-21)22(23,24)25/h5-11H,14-15H2,1-4H3. The lowest BCUT2D eigenvalue weighted by atomic mass is 9.93. The Morgan fingerprint density at radius 1 is 1.00 bits per heavy atom. The third-order valence-corrected chi connectivity index (χ3v) is 5.37. The van der Waals surface area contributed by atoms with Crippen LogP contribution in [-0.2, 0) is 23.6 Å². The molecule has 2 aromatic carbocycles. The zero-order valence-corrected chi connectivity index (χ0v) is 18.3. The number of benzene rings is 2. The molecule has 158 valence electrons. The predicted molar refractivity (Wildman–Crippen MR) is 111 cm³/mol. The second-order valence-corrected chi connectivity index (χ2v) is 12.8. The Morgan fingerprint density at radius 2 is 1.67 bits per heavy atom. The van der Waals surface area contributed by atoms with Gasteiger partial charge in [0.05, 0.1) is 20.3 Å². The smallest absolute Gasteiger partial charge is 0.442 e.